The smallest absolute Gasteiger partial charge is 0.138 e. The summed E-state index contributed by atoms with van der Waals surface area (Å²) in [5.74, 6) is 0. The number of benzene rings is 1. The van der Waals surface area contributed by atoms with Crippen LogP contribution in [0.5, 0.6) is 0 Å². The SMILES string of the molecule is COCCNCc1ccc(-n2cncn2)cc1C. The minimum atomic E-state index is 0.732. The molecule has 0 radical (unpaired) electrons. The summed E-state index contributed by atoms with van der Waals surface area (Å²) in [5, 5.41) is 7.46. The van der Waals surface area contributed by atoms with Crippen LogP contribution in [0.2, 0.25) is 0 Å². The van der Waals surface area contributed by atoms with Crippen LogP contribution in [-0.4, -0.2) is 35.0 Å². The highest BCUT2D eigenvalue weighted by Crippen LogP contribution is 2.13. The van der Waals surface area contributed by atoms with Crippen LogP contribution in [0.3, 0.4) is 0 Å². The Balaban J connectivity index is 2.01. The van der Waals surface area contributed by atoms with Crippen molar-refractivity contribution in [2.75, 3.05) is 20.3 Å². The molecule has 0 aliphatic rings. The lowest BCUT2D eigenvalue weighted by Gasteiger charge is -2.09. The Morgan fingerprint density at radius 2 is 2.28 bits per heavy atom. The van der Waals surface area contributed by atoms with Crippen LogP contribution in [0.15, 0.2) is 30.9 Å². The fourth-order valence-corrected chi connectivity index (χ4v) is 1.76. The first-order valence-corrected chi connectivity index (χ1v) is 5.95. The Morgan fingerprint density at radius 1 is 1.39 bits per heavy atom. The molecule has 1 aromatic heterocycles. The lowest BCUT2D eigenvalue weighted by molar-refractivity contribution is 0.199. The van der Waals surface area contributed by atoms with E-state index >= 15 is 0 Å². The maximum absolute atomic E-state index is 5.00. The van der Waals surface area contributed by atoms with Gasteiger partial charge in [-0.1, -0.05) is 6.07 Å². The number of aromatic nitrogens is 3. The first kappa shape index (κ1) is 12.7. The predicted molar refractivity (Wildman–Crippen MR) is 69.7 cm³/mol. The van der Waals surface area contributed by atoms with Gasteiger partial charge >= 0.3 is 0 Å². The molecule has 0 aliphatic carbocycles. The molecule has 0 saturated carbocycles. The number of ether oxygens (including phenoxy) is 1. The first-order chi connectivity index (χ1) is 8.81. The van der Waals surface area contributed by atoms with Gasteiger partial charge in [0.05, 0.1) is 12.3 Å². The van der Waals surface area contributed by atoms with Crippen LogP contribution in [-0.2, 0) is 11.3 Å². The van der Waals surface area contributed by atoms with Gasteiger partial charge in [-0.3, -0.25) is 0 Å². The number of aryl methyl sites for hydroxylation is 1. The largest absolute Gasteiger partial charge is 0.383 e. The molecule has 2 rings (SSSR count). The quantitative estimate of drug-likeness (QED) is 0.781. The third-order valence-electron chi connectivity index (χ3n) is 2.81. The van der Waals surface area contributed by atoms with Gasteiger partial charge in [0.25, 0.3) is 0 Å². The van der Waals surface area contributed by atoms with Gasteiger partial charge in [-0.2, -0.15) is 5.10 Å². The van der Waals surface area contributed by atoms with E-state index in [4.69, 9.17) is 4.74 Å². The molecule has 96 valence electrons. The molecule has 0 bridgehead atoms. The van der Waals surface area contributed by atoms with E-state index < -0.39 is 0 Å². The van der Waals surface area contributed by atoms with Crippen LogP contribution < -0.4 is 5.32 Å². The van der Waals surface area contributed by atoms with E-state index in [0.717, 1.165) is 25.4 Å². The fraction of sp³-hybridized carbons (Fsp3) is 0.385. The highest BCUT2D eigenvalue weighted by Gasteiger charge is 2.02. The maximum atomic E-state index is 5.00. The van der Waals surface area contributed by atoms with Crippen molar-refractivity contribution in [1.29, 1.82) is 0 Å². The van der Waals surface area contributed by atoms with Crippen molar-refractivity contribution in [3.63, 3.8) is 0 Å². The summed E-state index contributed by atoms with van der Waals surface area (Å²) in [6.45, 7) is 4.55. The molecule has 0 atom stereocenters. The molecule has 0 unspecified atom stereocenters. The normalized spacial score (nSPS) is 10.8. The zero-order valence-corrected chi connectivity index (χ0v) is 10.8. The Hall–Kier alpha value is -1.72. The maximum Gasteiger partial charge on any atom is 0.138 e. The van der Waals surface area contributed by atoms with Crippen LogP contribution in [0.4, 0.5) is 0 Å². The van der Waals surface area contributed by atoms with Crippen molar-refractivity contribution < 1.29 is 4.74 Å². The van der Waals surface area contributed by atoms with Gasteiger partial charge in [0.15, 0.2) is 0 Å². The van der Waals surface area contributed by atoms with Crippen molar-refractivity contribution in [2.45, 2.75) is 13.5 Å². The summed E-state index contributed by atoms with van der Waals surface area (Å²) in [6, 6.07) is 6.28. The number of rotatable bonds is 6. The number of nitrogens with zero attached hydrogens (tertiary/aromatic N) is 3. The highest BCUT2D eigenvalue weighted by atomic mass is 16.5. The molecular weight excluding hydrogens is 228 g/mol. The molecular formula is C13H18N4O. The minimum Gasteiger partial charge on any atom is -0.383 e. The van der Waals surface area contributed by atoms with Gasteiger partial charge in [0, 0.05) is 20.2 Å². The summed E-state index contributed by atoms with van der Waals surface area (Å²) in [7, 11) is 1.71. The van der Waals surface area contributed by atoms with Crippen molar-refractivity contribution >= 4 is 0 Å². The second kappa shape index (κ2) is 6.28. The lowest BCUT2D eigenvalue weighted by atomic mass is 10.1. The molecule has 0 fully saturated rings. The van der Waals surface area contributed by atoms with Crippen molar-refractivity contribution in [1.82, 2.24) is 20.1 Å². The number of hydrogen-bond acceptors (Lipinski definition) is 4. The van der Waals surface area contributed by atoms with Crippen molar-refractivity contribution in [2.24, 2.45) is 0 Å². The Morgan fingerprint density at radius 3 is 2.94 bits per heavy atom. The minimum absolute atomic E-state index is 0.732. The van der Waals surface area contributed by atoms with Gasteiger partial charge < -0.3 is 10.1 Å². The second-order valence-corrected chi connectivity index (χ2v) is 4.12. The van der Waals surface area contributed by atoms with Gasteiger partial charge in [-0.15, -0.1) is 0 Å². The summed E-state index contributed by atoms with van der Waals surface area (Å²) < 4.78 is 6.76. The van der Waals surface area contributed by atoms with E-state index in [1.807, 2.05) is 0 Å². The number of hydrogen-bond donors (Lipinski definition) is 1. The average molecular weight is 246 g/mol. The van der Waals surface area contributed by atoms with E-state index in [-0.39, 0.29) is 0 Å². The first-order valence-electron chi connectivity index (χ1n) is 5.95. The molecule has 1 heterocycles. The molecule has 5 heteroatoms. The molecule has 5 nitrogen and oxygen atoms in total. The third-order valence-corrected chi connectivity index (χ3v) is 2.81. The van der Waals surface area contributed by atoms with E-state index in [0.29, 0.717) is 0 Å². The molecule has 1 aromatic carbocycles. The number of methoxy groups -OCH3 is 1. The molecule has 18 heavy (non-hydrogen) atoms. The van der Waals surface area contributed by atoms with Crippen molar-refractivity contribution in [3.05, 3.63) is 42.0 Å². The van der Waals surface area contributed by atoms with Gasteiger partial charge in [0.1, 0.15) is 12.7 Å². The predicted octanol–water partition coefficient (Wildman–Crippen LogP) is 1.31. The van der Waals surface area contributed by atoms with Gasteiger partial charge in [-0.05, 0) is 30.2 Å². The Labute approximate surface area is 107 Å². The van der Waals surface area contributed by atoms with Gasteiger partial charge in [-0.25, -0.2) is 9.67 Å². The number of nitrogens with one attached hydrogen (secondary N) is 1. The van der Waals surface area contributed by atoms with E-state index in [9.17, 15) is 0 Å². The van der Waals surface area contributed by atoms with Crippen LogP contribution in [0.1, 0.15) is 11.1 Å². The molecule has 0 saturated heterocycles. The van der Waals surface area contributed by atoms with E-state index in [2.05, 4.69) is 40.5 Å². The summed E-state index contributed by atoms with van der Waals surface area (Å²) in [6.07, 6.45) is 3.24. The molecule has 0 spiro atoms. The molecule has 0 aliphatic heterocycles. The average Bonchev–Trinajstić information content (AvgIpc) is 2.90. The van der Waals surface area contributed by atoms with Crippen LogP contribution in [0.25, 0.3) is 5.69 Å². The monoisotopic (exact) mass is 246 g/mol. The molecule has 2 aromatic rings. The Kier molecular flexibility index (Phi) is 4.44. The highest BCUT2D eigenvalue weighted by molar-refractivity contribution is 5.39. The zero-order chi connectivity index (χ0) is 12.8. The van der Waals surface area contributed by atoms with E-state index in [1.54, 1.807) is 18.1 Å². The molecule has 0 amide bonds. The fourth-order valence-electron chi connectivity index (χ4n) is 1.76. The summed E-state index contributed by atoms with van der Waals surface area (Å²) in [5.41, 5.74) is 3.56. The second-order valence-electron chi connectivity index (χ2n) is 4.12. The van der Waals surface area contributed by atoms with Crippen LogP contribution >= 0.6 is 0 Å². The zero-order valence-electron chi connectivity index (χ0n) is 10.8. The lowest BCUT2D eigenvalue weighted by Crippen LogP contribution is -2.19. The van der Waals surface area contributed by atoms with E-state index in [1.165, 1.54) is 17.5 Å². The third kappa shape index (κ3) is 3.15. The molecule has 1 N–H and O–H groups in total. The standard InChI is InChI=1S/C13H18N4O/c1-11-7-13(17-10-15-9-16-17)4-3-12(11)8-14-5-6-18-2/h3-4,7,9-10,14H,5-6,8H2,1-2H3. The topological polar surface area (TPSA) is 52.0 Å². The summed E-state index contributed by atoms with van der Waals surface area (Å²) in [4.78, 5) is 3.95. The van der Waals surface area contributed by atoms with Crippen molar-refractivity contribution in [3.8, 4) is 5.69 Å². The Bertz CT molecular complexity index is 482. The van der Waals surface area contributed by atoms with Crippen LogP contribution in [0, 0.1) is 6.92 Å². The summed E-state index contributed by atoms with van der Waals surface area (Å²) >= 11 is 0. The van der Waals surface area contributed by atoms with Gasteiger partial charge in [0.2, 0.25) is 0 Å².